The predicted molar refractivity (Wildman–Crippen MR) is 53.5 cm³/mol. The van der Waals surface area contributed by atoms with E-state index in [9.17, 15) is 8.42 Å². The molecule has 0 amide bonds. The number of nitrogens with one attached hydrogen (secondary N) is 1. The van der Waals surface area contributed by atoms with Crippen LogP contribution >= 0.6 is 0 Å². The van der Waals surface area contributed by atoms with Gasteiger partial charge in [-0.25, -0.2) is 13.1 Å². The minimum Gasteiger partial charge on any atom is -0.381 e. The fourth-order valence-electron chi connectivity index (χ4n) is 1.84. The number of rotatable bonds is 3. The van der Waals surface area contributed by atoms with Crippen LogP contribution in [0.15, 0.2) is 0 Å². The topological polar surface area (TPSA) is 55.4 Å². The van der Waals surface area contributed by atoms with Gasteiger partial charge < -0.3 is 4.74 Å². The molecule has 1 aliphatic heterocycles. The summed E-state index contributed by atoms with van der Waals surface area (Å²) in [6.45, 7) is 3.08. The fraction of sp³-hybridized carbons (Fsp3) is 1.00. The Bertz CT molecular complexity index is 297. The highest BCUT2D eigenvalue weighted by atomic mass is 32.2. The fourth-order valence-corrected chi connectivity index (χ4v) is 3.81. The van der Waals surface area contributed by atoms with Gasteiger partial charge in [0.15, 0.2) is 0 Å². The lowest BCUT2D eigenvalue weighted by Crippen LogP contribution is -2.43. The van der Waals surface area contributed by atoms with Gasteiger partial charge in [0, 0.05) is 12.6 Å². The van der Waals surface area contributed by atoms with Crippen LogP contribution in [0.25, 0.3) is 0 Å². The van der Waals surface area contributed by atoms with Crippen LogP contribution in [0, 0.1) is 5.92 Å². The lowest BCUT2D eigenvalue weighted by atomic mass is 10.0. The zero-order valence-electron chi connectivity index (χ0n) is 8.40. The summed E-state index contributed by atoms with van der Waals surface area (Å²) in [5.74, 6) is 0.111. The summed E-state index contributed by atoms with van der Waals surface area (Å²) in [5, 5.41) is -0.253. The van der Waals surface area contributed by atoms with Crippen LogP contribution in [0.3, 0.4) is 0 Å². The maximum absolute atomic E-state index is 11.9. The van der Waals surface area contributed by atoms with E-state index in [1.807, 2.05) is 6.92 Å². The first-order valence-electron chi connectivity index (χ1n) is 5.18. The monoisotopic (exact) mass is 219 g/mol. The molecular weight excluding hydrogens is 202 g/mol. The second kappa shape index (κ2) is 3.79. The normalized spacial score (nSPS) is 34.4. The maximum atomic E-state index is 11.9. The summed E-state index contributed by atoms with van der Waals surface area (Å²) < 4.78 is 31.7. The number of hydrogen-bond donors (Lipinski definition) is 1. The molecule has 0 radical (unpaired) electrons. The van der Waals surface area contributed by atoms with Gasteiger partial charge in [-0.05, 0) is 25.2 Å². The molecule has 2 fully saturated rings. The molecule has 1 N–H and O–H groups in total. The summed E-state index contributed by atoms with van der Waals surface area (Å²) in [6.07, 6.45) is 2.62. The van der Waals surface area contributed by atoms with Crippen LogP contribution in [-0.2, 0) is 14.8 Å². The van der Waals surface area contributed by atoms with Crippen LogP contribution < -0.4 is 4.72 Å². The second-order valence-electron chi connectivity index (χ2n) is 4.32. The van der Waals surface area contributed by atoms with Crippen LogP contribution in [0.2, 0.25) is 0 Å². The molecule has 5 heteroatoms. The molecule has 1 heterocycles. The van der Waals surface area contributed by atoms with E-state index in [0.717, 1.165) is 12.8 Å². The standard InChI is InChI=1S/C9H17NO3S/c1-7-6-13-5-4-9(7)14(11,12)10-8-2-3-8/h7-10H,2-6H2,1H3. The molecule has 0 aromatic carbocycles. The van der Waals surface area contributed by atoms with Gasteiger partial charge >= 0.3 is 0 Å². The van der Waals surface area contributed by atoms with Crippen molar-refractivity contribution in [3.05, 3.63) is 0 Å². The molecule has 0 spiro atoms. The smallest absolute Gasteiger partial charge is 0.215 e. The Labute approximate surface area is 85.1 Å². The Balaban J connectivity index is 2.02. The van der Waals surface area contributed by atoms with E-state index in [2.05, 4.69) is 4.72 Å². The summed E-state index contributed by atoms with van der Waals surface area (Å²) in [4.78, 5) is 0. The molecule has 0 aromatic rings. The molecular formula is C9H17NO3S. The third-order valence-electron chi connectivity index (χ3n) is 2.87. The van der Waals surface area contributed by atoms with Crippen molar-refractivity contribution in [1.29, 1.82) is 0 Å². The lowest BCUT2D eigenvalue weighted by Gasteiger charge is -2.28. The van der Waals surface area contributed by atoms with Gasteiger partial charge in [0.05, 0.1) is 11.9 Å². The van der Waals surface area contributed by atoms with Crippen LogP contribution in [-0.4, -0.2) is 32.9 Å². The quantitative estimate of drug-likeness (QED) is 0.751. The third kappa shape index (κ3) is 2.27. The van der Waals surface area contributed by atoms with Gasteiger partial charge in [-0.15, -0.1) is 0 Å². The minimum atomic E-state index is -3.10. The van der Waals surface area contributed by atoms with E-state index < -0.39 is 10.0 Å². The highest BCUT2D eigenvalue weighted by Gasteiger charge is 2.37. The summed E-state index contributed by atoms with van der Waals surface area (Å²) in [5.41, 5.74) is 0. The Morgan fingerprint density at radius 3 is 2.57 bits per heavy atom. The van der Waals surface area contributed by atoms with E-state index in [0.29, 0.717) is 19.6 Å². The summed E-state index contributed by atoms with van der Waals surface area (Å²) in [7, 11) is -3.10. The Kier molecular flexibility index (Phi) is 2.81. The largest absolute Gasteiger partial charge is 0.381 e. The molecule has 4 nitrogen and oxygen atoms in total. The molecule has 1 saturated heterocycles. The third-order valence-corrected chi connectivity index (χ3v) is 5.03. The van der Waals surface area contributed by atoms with Crippen molar-refractivity contribution in [2.24, 2.45) is 5.92 Å². The number of hydrogen-bond acceptors (Lipinski definition) is 3. The molecule has 1 aliphatic carbocycles. The average Bonchev–Trinajstić information content (AvgIpc) is 2.88. The molecule has 0 bridgehead atoms. The first kappa shape index (κ1) is 10.4. The van der Waals surface area contributed by atoms with Crippen molar-refractivity contribution in [3.63, 3.8) is 0 Å². The van der Waals surface area contributed by atoms with Gasteiger partial charge in [0.2, 0.25) is 10.0 Å². The van der Waals surface area contributed by atoms with Gasteiger partial charge in [-0.2, -0.15) is 0 Å². The SMILES string of the molecule is CC1COCCC1S(=O)(=O)NC1CC1. The molecule has 2 aliphatic rings. The van der Waals surface area contributed by atoms with Crippen molar-refractivity contribution in [1.82, 2.24) is 4.72 Å². The Morgan fingerprint density at radius 1 is 1.29 bits per heavy atom. The molecule has 1 saturated carbocycles. The zero-order chi connectivity index (χ0) is 10.2. The van der Waals surface area contributed by atoms with Crippen molar-refractivity contribution >= 4 is 10.0 Å². The molecule has 82 valence electrons. The maximum Gasteiger partial charge on any atom is 0.215 e. The molecule has 14 heavy (non-hydrogen) atoms. The van der Waals surface area contributed by atoms with E-state index in [1.165, 1.54) is 0 Å². The van der Waals surface area contributed by atoms with E-state index >= 15 is 0 Å². The molecule has 2 rings (SSSR count). The van der Waals surface area contributed by atoms with Crippen LogP contribution in [0.4, 0.5) is 0 Å². The van der Waals surface area contributed by atoms with E-state index in [4.69, 9.17) is 4.74 Å². The van der Waals surface area contributed by atoms with Gasteiger partial charge in [-0.3, -0.25) is 0 Å². The Morgan fingerprint density at radius 2 is 2.00 bits per heavy atom. The minimum absolute atomic E-state index is 0.111. The predicted octanol–water partition coefficient (Wildman–Crippen LogP) is 0.493. The van der Waals surface area contributed by atoms with Gasteiger partial charge in [0.1, 0.15) is 0 Å². The zero-order valence-corrected chi connectivity index (χ0v) is 9.22. The highest BCUT2D eigenvalue weighted by Crippen LogP contribution is 2.25. The summed E-state index contributed by atoms with van der Waals surface area (Å²) >= 11 is 0. The second-order valence-corrected chi connectivity index (χ2v) is 6.25. The first-order valence-corrected chi connectivity index (χ1v) is 6.73. The van der Waals surface area contributed by atoms with Crippen molar-refractivity contribution in [2.45, 2.75) is 37.5 Å². The van der Waals surface area contributed by atoms with E-state index in [-0.39, 0.29) is 17.2 Å². The first-order chi connectivity index (χ1) is 6.59. The summed E-state index contributed by atoms with van der Waals surface area (Å²) in [6, 6.07) is 0.218. The average molecular weight is 219 g/mol. The highest BCUT2D eigenvalue weighted by molar-refractivity contribution is 7.90. The molecule has 0 aromatic heterocycles. The van der Waals surface area contributed by atoms with Crippen molar-refractivity contribution in [3.8, 4) is 0 Å². The van der Waals surface area contributed by atoms with Crippen molar-refractivity contribution in [2.75, 3.05) is 13.2 Å². The van der Waals surface area contributed by atoms with Gasteiger partial charge in [-0.1, -0.05) is 6.92 Å². The lowest BCUT2D eigenvalue weighted by molar-refractivity contribution is 0.0635. The van der Waals surface area contributed by atoms with Crippen molar-refractivity contribution < 1.29 is 13.2 Å². The van der Waals surface area contributed by atoms with E-state index in [1.54, 1.807) is 0 Å². The number of sulfonamides is 1. The van der Waals surface area contributed by atoms with Crippen LogP contribution in [0.5, 0.6) is 0 Å². The number of ether oxygens (including phenoxy) is 1. The van der Waals surface area contributed by atoms with Crippen LogP contribution in [0.1, 0.15) is 26.2 Å². The van der Waals surface area contributed by atoms with Gasteiger partial charge in [0.25, 0.3) is 0 Å². The molecule has 2 unspecified atom stereocenters. The molecule has 2 atom stereocenters. The Hall–Kier alpha value is -0.130.